The lowest BCUT2D eigenvalue weighted by Gasteiger charge is -2.27. The molecule has 1 fully saturated rings. The van der Waals surface area contributed by atoms with Crippen molar-refractivity contribution in [2.45, 2.75) is 6.92 Å². The van der Waals surface area contributed by atoms with Crippen LogP contribution in [0.4, 0.5) is 5.95 Å². The molecule has 2 aromatic heterocycles. The van der Waals surface area contributed by atoms with Crippen molar-refractivity contribution < 1.29 is 9.53 Å². The maximum Gasteiger partial charge on any atom is 0.254 e. The SMILES string of the molecule is Cc1ccc2nc(-c3cnc(N(C)C)nc3)cc(C(=O)N3CCOCC3)c2c1. The van der Waals surface area contributed by atoms with E-state index >= 15 is 0 Å². The van der Waals surface area contributed by atoms with Gasteiger partial charge in [-0.25, -0.2) is 15.0 Å². The Kier molecular flexibility index (Phi) is 4.92. The molecule has 1 aromatic carbocycles. The predicted molar refractivity (Wildman–Crippen MR) is 109 cm³/mol. The Morgan fingerprint density at radius 1 is 1.11 bits per heavy atom. The monoisotopic (exact) mass is 377 g/mol. The van der Waals surface area contributed by atoms with Crippen molar-refractivity contribution in [2.24, 2.45) is 0 Å². The molecule has 7 heteroatoms. The summed E-state index contributed by atoms with van der Waals surface area (Å²) in [6.07, 6.45) is 3.49. The van der Waals surface area contributed by atoms with E-state index in [-0.39, 0.29) is 5.91 Å². The van der Waals surface area contributed by atoms with Crippen LogP contribution in [-0.4, -0.2) is 66.2 Å². The van der Waals surface area contributed by atoms with Gasteiger partial charge in [-0.2, -0.15) is 0 Å². The summed E-state index contributed by atoms with van der Waals surface area (Å²) in [5.41, 5.74) is 4.01. The molecule has 4 rings (SSSR count). The molecule has 28 heavy (non-hydrogen) atoms. The summed E-state index contributed by atoms with van der Waals surface area (Å²) in [5, 5.41) is 0.867. The molecule has 0 radical (unpaired) electrons. The molecule has 3 aromatic rings. The zero-order valence-electron chi connectivity index (χ0n) is 16.3. The number of carbonyl (C=O) groups excluding carboxylic acids is 1. The molecule has 3 heterocycles. The second-order valence-corrected chi connectivity index (χ2v) is 7.15. The summed E-state index contributed by atoms with van der Waals surface area (Å²) >= 11 is 0. The summed E-state index contributed by atoms with van der Waals surface area (Å²) in [5.74, 6) is 0.637. The normalized spacial score (nSPS) is 14.3. The zero-order chi connectivity index (χ0) is 19.7. The third kappa shape index (κ3) is 3.53. The fraction of sp³-hybridized carbons (Fsp3) is 0.333. The van der Waals surface area contributed by atoms with E-state index in [1.54, 1.807) is 12.4 Å². The second-order valence-electron chi connectivity index (χ2n) is 7.15. The Labute approximate surface area is 164 Å². The average molecular weight is 377 g/mol. The lowest BCUT2D eigenvalue weighted by Crippen LogP contribution is -2.40. The fourth-order valence-electron chi connectivity index (χ4n) is 3.29. The Balaban J connectivity index is 1.82. The quantitative estimate of drug-likeness (QED) is 0.699. The van der Waals surface area contributed by atoms with E-state index in [4.69, 9.17) is 9.72 Å². The van der Waals surface area contributed by atoms with Crippen LogP contribution in [0.25, 0.3) is 22.2 Å². The molecular weight excluding hydrogens is 354 g/mol. The molecule has 0 bridgehead atoms. The standard InChI is InChI=1S/C21H23N5O2/c1-14-4-5-18-16(10-14)17(20(27)26-6-8-28-9-7-26)11-19(24-18)15-12-22-21(23-13-15)25(2)3/h4-5,10-13H,6-9H2,1-3H3. The van der Waals surface area contributed by atoms with E-state index in [1.807, 2.05) is 55.1 Å². The number of anilines is 1. The molecular formula is C21H23N5O2. The summed E-state index contributed by atoms with van der Waals surface area (Å²) in [7, 11) is 3.79. The lowest BCUT2D eigenvalue weighted by atomic mass is 10.0. The van der Waals surface area contributed by atoms with Crippen LogP contribution in [0.15, 0.2) is 36.7 Å². The number of carbonyl (C=O) groups is 1. The number of fused-ring (bicyclic) bond motifs is 1. The highest BCUT2D eigenvalue weighted by molar-refractivity contribution is 6.07. The molecule has 0 unspecified atom stereocenters. The first-order valence-corrected chi connectivity index (χ1v) is 9.31. The maximum atomic E-state index is 13.3. The second kappa shape index (κ2) is 7.52. The molecule has 0 spiro atoms. The Bertz CT molecular complexity index is 1010. The van der Waals surface area contributed by atoms with Crippen LogP contribution in [-0.2, 0) is 4.74 Å². The van der Waals surface area contributed by atoms with Gasteiger partial charge in [-0.05, 0) is 25.1 Å². The number of rotatable bonds is 3. The molecule has 144 valence electrons. The van der Waals surface area contributed by atoms with Crippen LogP contribution >= 0.6 is 0 Å². The third-order valence-corrected chi connectivity index (χ3v) is 4.83. The van der Waals surface area contributed by atoms with Gasteiger partial charge in [0.25, 0.3) is 5.91 Å². The van der Waals surface area contributed by atoms with Crippen molar-refractivity contribution in [2.75, 3.05) is 45.3 Å². The number of benzene rings is 1. The van der Waals surface area contributed by atoms with Crippen LogP contribution in [0.3, 0.4) is 0 Å². The van der Waals surface area contributed by atoms with Crippen LogP contribution in [0.5, 0.6) is 0 Å². The van der Waals surface area contributed by atoms with Crippen molar-refractivity contribution in [1.82, 2.24) is 19.9 Å². The van der Waals surface area contributed by atoms with E-state index in [9.17, 15) is 4.79 Å². The van der Waals surface area contributed by atoms with Crippen molar-refractivity contribution in [3.8, 4) is 11.3 Å². The van der Waals surface area contributed by atoms with Crippen LogP contribution in [0, 0.1) is 6.92 Å². The highest BCUT2D eigenvalue weighted by atomic mass is 16.5. The average Bonchev–Trinajstić information content (AvgIpc) is 2.73. The van der Waals surface area contributed by atoms with E-state index < -0.39 is 0 Å². The van der Waals surface area contributed by atoms with Crippen LogP contribution in [0.2, 0.25) is 0 Å². The topological polar surface area (TPSA) is 71.5 Å². The number of hydrogen-bond acceptors (Lipinski definition) is 6. The molecule has 0 saturated carbocycles. The van der Waals surface area contributed by atoms with Crippen LogP contribution in [0.1, 0.15) is 15.9 Å². The Morgan fingerprint density at radius 3 is 2.50 bits per heavy atom. The van der Waals surface area contributed by atoms with Gasteiger partial charge in [0, 0.05) is 50.5 Å². The van der Waals surface area contributed by atoms with Gasteiger partial charge in [-0.15, -0.1) is 0 Å². The number of aryl methyl sites for hydroxylation is 1. The van der Waals surface area contributed by atoms with E-state index in [2.05, 4.69) is 9.97 Å². The smallest absolute Gasteiger partial charge is 0.254 e. The van der Waals surface area contributed by atoms with Gasteiger partial charge in [0.1, 0.15) is 0 Å². The van der Waals surface area contributed by atoms with Crippen molar-refractivity contribution in [3.05, 3.63) is 47.8 Å². The maximum absolute atomic E-state index is 13.3. The highest BCUT2D eigenvalue weighted by Crippen LogP contribution is 2.27. The van der Waals surface area contributed by atoms with Gasteiger partial charge in [0.2, 0.25) is 5.95 Å². The van der Waals surface area contributed by atoms with Gasteiger partial charge in [0.05, 0.1) is 30.0 Å². The van der Waals surface area contributed by atoms with Gasteiger partial charge < -0.3 is 14.5 Å². The molecule has 7 nitrogen and oxygen atoms in total. The first-order valence-electron chi connectivity index (χ1n) is 9.31. The largest absolute Gasteiger partial charge is 0.378 e. The number of amides is 1. The molecule has 1 amide bonds. The van der Waals surface area contributed by atoms with Gasteiger partial charge in [-0.3, -0.25) is 4.79 Å². The molecule has 0 aliphatic carbocycles. The third-order valence-electron chi connectivity index (χ3n) is 4.83. The summed E-state index contributed by atoms with van der Waals surface area (Å²) in [4.78, 5) is 30.5. The molecule has 1 aliphatic rings. The number of nitrogens with zero attached hydrogens (tertiary/aromatic N) is 5. The number of morpholine rings is 1. The number of hydrogen-bond donors (Lipinski definition) is 0. The number of aromatic nitrogens is 3. The molecule has 0 atom stereocenters. The van der Waals surface area contributed by atoms with Crippen molar-refractivity contribution in [3.63, 3.8) is 0 Å². The van der Waals surface area contributed by atoms with E-state index in [0.29, 0.717) is 43.5 Å². The Hall–Kier alpha value is -3.06. The van der Waals surface area contributed by atoms with Crippen molar-refractivity contribution in [1.29, 1.82) is 0 Å². The van der Waals surface area contributed by atoms with Crippen LogP contribution < -0.4 is 4.90 Å². The van der Waals surface area contributed by atoms with E-state index in [1.165, 1.54) is 0 Å². The van der Waals surface area contributed by atoms with Gasteiger partial charge in [-0.1, -0.05) is 11.6 Å². The van der Waals surface area contributed by atoms with Crippen molar-refractivity contribution >= 4 is 22.8 Å². The Morgan fingerprint density at radius 2 is 1.82 bits per heavy atom. The molecule has 0 N–H and O–H groups in total. The van der Waals surface area contributed by atoms with Gasteiger partial charge >= 0.3 is 0 Å². The number of ether oxygens (including phenoxy) is 1. The minimum Gasteiger partial charge on any atom is -0.378 e. The molecule has 1 aliphatic heterocycles. The fourth-order valence-corrected chi connectivity index (χ4v) is 3.29. The van der Waals surface area contributed by atoms with E-state index in [0.717, 1.165) is 22.0 Å². The highest BCUT2D eigenvalue weighted by Gasteiger charge is 2.22. The zero-order valence-corrected chi connectivity index (χ0v) is 16.3. The summed E-state index contributed by atoms with van der Waals surface area (Å²) in [6, 6.07) is 7.84. The lowest BCUT2D eigenvalue weighted by molar-refractivity contribution is 0.0304. The predicted octanol–water partition coefficient (Wildman–Crippen LogP) is 2.54. The first kappa shape index (κ1) is 18.3. The first-order chi connectivity index (χ1) is 13.5. The van der Waals surface area contributed by atoms with Gasteiger partial charge in [0.15, 0.2) is 0 Å². The minimum atomic E-state index is 0.00776. The number of pyridine rings is 1. The summed E-state index contributed by atoms with van der Waals surface area (Å²) in [6.45, 7) is 4.36. The molecule has 1 saturated heterocycles. The minimum absolute atomic E-state index is 0.00776. The summed E-state index contributed by atoms with van der Waals surface area (Å²) < 4.78 is 5.39.